The molecule has 1 aromatic carbocycles. The van der Waals surface area contributed by atoms with Gasteiger partial charge in [0, 0.05) is 19.2 Å². The Hall–Kier alpha value is -2.69. The van der Waals surface area contributed by atoms with Crippen LogP contribution in [0.3, 0.4) is 0 Å². The topological polar surface area (TPSA) is 56.4 Å². The zero-order chi connectivity index (χ0) is 14.8. The van der Waals surface area contributed by atoms with Gasteiger partial charge in [0.2, 0.25) is 0 Å². The quantitative estimate of drug-likeness (QED) is 0.798. The fourth-order valence-corrected chi connectivity index (χ4v) is 2.31. The number of fused-ring (bicyclic) bond motifs is 1. The van der Waals surface area contributed by atoms with Gasteiger partial charge in [-0.15, -0.1) is 0 Å². The molecule has 0 radical (unpaired) electrons. The second-order valence-corrected chi connectivity index (χ2v) is 4.64. The number of hydrogen-bond donors (Lipinski definition) is 1. The number of para-hydroxylation sites is 2. The van der Waals surface area contributed by atoms with Crippen LogP contribution in [0.5, 0.6) is 5.75 Å². The number of carbonyl (C=O) groups is 1. The third-order valence-electron chi connectivity index (χ3n) is 3.33. The number of carbonyl (C=O) groups excluding carboxylic acids is 1. The summed E-state index contributed by atoms with van der Waals surface area (Å²) in [6.45, 7) is 2.45. The Bertz CT molecular complexity index is 786. The van der Waals surface area contributed by atoms with Crippen molar-refractivity contribution in [2.75, 3.05) is 11.9 Å². The van der Waals surface area contributed by atoms with Gasteiger partial charge in [0.1, 0.15) is 11.4 Å². The molecule has 0 saturated heterocycles. The van der Waals surface area contributed by atoms with Crippen molar-refractivity contribution in [3.05, 3.63) is 48.4 Å². The first kappa shape index (κ1) is 13.3. The fraction of sp³-hybridized carbons (Fsp3) is 0.188. The van der Waals surface area contributed by atoms with Gasteiger partial charge in [-0.2, -0.15) is 0 Å². The van der Waals surface area contributed by atoms with Gasteiger partial charge in [-0.05, 0) is 19.1 Å². The Morgan fingerprint density at radius 3 is 2.90 bits per heavy atom. The number of hydrogen-bond acceptors (Lipinski definition) is 3. The summed E-state index contributed by atoms with van der Waals surface area (Å²) in [5, 5.41) is 2.88. The molecular formula is C16H16N2O3. The third-order valence-corrected chi connectivity index (χ3v) is 3.33. The first-order valence-corrected chi connectivity index (χ1v) is 6.76. The summed E-state index contributed by atoms with van der Waals surface area (Å²) >= 11 is 0. The van der Waals surface area contributed by atoms with Gasteiger partial charge in [0.15, 0.2) is 5.58 Å². The highest BCUT2D eigenvalue weighted by Crippen LogP contribution is 2.25. The van der Waals surface area contributed by atoms with Crippen LogP contribution < -0.4 is 10.1 Å². The second kappa shape index (κ2) is 5.36. The predicted octanol–water partition coefficient (Wildman–Crippen LogP) is 3.42. The third kappa shape index (κ3) is 2.38. The van der Waals surface area contributed by atoms with Gasteiger partial charge in [-0.1, -0.05) is 12.1 Å². The number of ether oxygens (including phenoxy) is 1. The van der Waals surface area contributed by atoms with Crippen LogP contribution in [0, 0.1) is 0 Å². The lowest BCUT2D eigenvalue weighted by Gasteiger charge is -2.11. The molecule has 2 heterocycles. The van der Waals surface area contributed by atoms with Gasteiger partial charge in [-0.25, -0.2) is 0 Å². The number of aryl methyl sites for hydroxylation is 1. The standard InChI is InChI=1S/C16H16N2O3/c1-3-20-14-7-5-4-6-11(14)17-16(19)13-10-15-12(18(13)2)8-9-21-15/h4-10H,3H2,1-2H3,(H,17,19). The van der Waals surface area contributed by atoms with E-state index < -0.39 is 0 Å². The monoisotopic (exact) mass is 284 g/mol. The number of nitrogens with one attached hydrogen (secondary N) is 1. The summed E-state index contributed by atoms with van der Waals surface area (Å²) in [5.41, 5.74) is 2.77. The van der Waals surface area contributed by atoms with Crippen LogP contribution in [-0.2, 0) is 7.05 Å². The van der Waals surface area contributed by atoms with E-state index in [2.05, 4.69) is 5.32 Å². The van der Waals surface area contributed by atoms with Crippen molar-refractivity contribution < 1.29 is 13.9 Å². The van der Waals surface area contributed by atoms with Gasteiger partial charge in [0.25, 0.3) is 5.91 Å². The minimum absolute atomic E-state index is 0.198. The second-order valence-electron chi connectivity index (χ2n) is 4.64. The van der Waals surface area contributed by atoms with E-state index in [1.54, 1.807) is 16.9 Å². The number of furan rings is 1. The van der Waals surface area contributed by atoms with Crippen molar-refractivity contribution in [1.82, 2.24) is 4.57 Å². The molecule has 21 heavy (non-hydrogen) atoms. The molecule has 0 aliphatic carbocycles. The molecule has 0 aliphatic rings. The fourth-order valence-electron chi connectivity index (χ4n) is 2.31. The highest BCUT2D eigenvalue weighted by Gasteiger charge is 2.16. The SMILES string of the molecule is CCOc1ccccc1NC(=O)c1cc2occc2n1C. The van der Waals surface area contributed by atoms with Crippen LogP contribution in [0.25, 0.3) is 11.1 Å². The van der Waals surface area contributed by atoms with Gasteiger partial charge in [-0.3, -0.25) is 4.79 Å². The zero-order valence-electron chi connectivity index (χ0n) is 11.9. The summed E-state index contributed by atoms with van der Waals surface area (Å²) in [6.07, 6.45) is 1.61. The largest absolute Gasteiger partial charge is 0.492 e. The van der Waals surface area contributed by atoms with E-state index in [-0.39, 0.29) is 5.91 Å². The number of nitrogens with zero attached hydrogens (tertiary/aromatic N) is 1. The Morgan fingerprint density at radius 1 is 1.33 bits per heavy atom. The molecule has 0 unspecified atom stereocenters. The van der Waals surface area contributed by atoms with Gasteiger partial charge in [0.05, 0.1) is 24.1 Å². The normalized spacial score (nSPS) is 10.8. The highest BCUT2D eigenvalue weighted by atomic mass is 16.5. The number of benzene rings is 1. The molecule has 0 spiro atoms. The van der Waals surface area contributed by atoms with Crippen LogP contribution in [-0.4, -0.2) is 17.1 Å². The first-order chi connectivity index (χ1) is 10.2. The summed E-state index contributed by atoms with van der Waals surface area (Å²) in [7, 11) is 1.83. The van der Waals surface area contributed by atoms with Gasteiger partial charge >= 0.3 is 0 Å². The molecule has 5 heteroatoms. The Morgan fingerprint density at radius 2 is 2.14 bits per heavy atom. The van der Waals surface area contributed by atoms with E-state index in [0.717, 1.165) is 5.52 Å². The van der Waals surface area contributed by atoms with E-state index in [4.69, 9.17) is 9.15 Å². The molecule has 5 nitrogen and oxygen atoms in total. The van der Waals surface area contributed by atoms with Crippen molar-refractivity contribution in [3.63, 3.8) is 0 Å². The molecule has 0 atom stereocenters. The molecule has 3 aromatic rings. The van der Waals surface area contributed by atoms with Crippen LogP contribution in [0.1, 0.15) is 17.4 Å². The molecule has 108 valence electrons. The van der Waals surface area contributed by atoms with E-state index >= 15 is 0 Å². The Balaban J connectivity index is 1.89. The summed E-state index contributed by atoms with van der Waals surface area (Å²) in [5.74, 6) is 0.460. The minimum Gasteiger partial charge on any atom is -0.492 e. The van der Waals surface area contributed by atoms with Crippen molar-refractivity contribution in [2.45, 2.75) is 6.92 Å². The van der Waals surface area contributed by atoms with E-state index in [9.17, 15) is 4.79 Å². The van der Waals surface area contributed by atoms with E-state index in [0.29, 0.717) is 29.3 Å². The lowest BCUT2D eigenvalue weighted by atomic mass is 10.2. The molecule has 2 aromatic heterocycles. The summed E-state index contributed by atoms with van der Waals surface area (Å²) < 4.78 is 12.6. The predicted molar refractivity (Wildman–Crippen MR) is 80.7 cm³/mol. The van der Waals surface area contributed by atoms with Crippen molar-refractivity contribution >= 4 is 22.7 Å². The highest BCUT2D eigenvalue weighted by molar-refractivity contribution is 6.06. The number of rotatable bonds is 4. The first-order valence-electron chi connectivity index (χ1n) is 6.76. The molecule has 3 rings (SSSR count). The van der Waals surface area contributed by atoms with Crippen LogP contribution in [0.15, 0.2) is 47.1 Å². The zero-order valence-corrected chi connectivity index (χ0v) is 11.9. The molecule has 1 amide bonds. The maximum absolute atomic E-state index is 12.4. The van der Waals surface area contributed by atoms with Crippen LogP contribution in [0.2, 0.25) is 0 Å². The average Bonchev–Trinajstić information content (AvgIpc) is 3.05. The Labute approximate surface area is 122 Å². The lowest BCUT2D eigenvalue weighted by molar-refractivity contribution is 0.101. The molecule has 0 aliphatic heterocycles. The van der Waals surface area contributed by atoms with Crippen LogP contribution in [0.4, 0.5) is 5.69 Å². The molecule has 0 bridgehead atoms. The summed E-state index contributed by atoms with van der Waals surface area (Å²) in [4.78, 5) is 12.4. The maximum atomic E-state index is 12.4. The molecule has 1 N–H and O–H groups in total. The van der Waals surface area contributed by atoms with Crippen molar-refractivity contribution in [2.24, 2.45) is 7.05 Å². The number of anilines is 1. The average molecular weight is 284 g/mol. The van der Waals surface area contributed by atoms with E-state index in [1.165, 1.54) is 0 Å². The summed E-state index contributed by atoms with van der Waals surface area (Å²) in [6, 6.07) is 10.9. The van der Waals surface area contributed by atoms with Gasteiger partial charge < -0.3 is 19.0 Å². The van der Waals surface area contributed by atoms with Crippen LogP contribution >= 0.6 is 0 Å². The number of amides is 1. The smallest absolute Gasteiger partial charge is 0.272 e. The minimum atomic E-state index is -0.198. The van der Waals surface area contributed by atoms with Crippen molar-refractivity contribution in [1.29, 1.82) is 0 Å². The molecule has 0 saturated carbocycles. The molecule has 0 fully saturated rings. The van der Waals surface area contributed by atoms with E-state index in [1.807, 2.05) is 44.3 Å². The van der Waals surface area contributed by atoms with Crippen molar-refractivity contribution in [3.8, 4) is 5.75 Å². The maximum Gasteiger partial charge on any atom is 0.272 e. The number of aromatic nitrogens is 1. The lowest BCUT2D eigenvalue weighted by Crippen LogP contribution is -2.16. The Kier molecular flexibility index (Phi) is 3.39. The molecular weight excluding hydrogens is 268 g/mol.